The third-order valence-corrected chi connectivity index (χ3v) is 2.52. The Hall–Kier alpha value is -1.42. The average molecular weight is 239 g/mol. The topological polar surface area (TPSA) is 29.5 Å². The zero-order valence-electron chi connectivity index (χ0n) is 10.7. The highest BCUT2D eigenvalue weighted by Gasteiger charge is 2.17. The van der Waals surface area contributed by atoms with E-state index in [-0.39, 0.29) is 17.5 Å². The zero-order chi connectivity index (χ0) is 13.0. The molecule has 17 heavy (non-hydrogen) atoms. The minimum Gasteiger partial charge on any atom is -0.494 e. The number of ether oxygens (including phenoxy) is 1. The van der Waals surface area contributed by atoms with Crippen molar-refractivity contribution in [3.8, 4) is 5.75 Å². The summed E-state index contributed by atoms with van der Waals surface area (Å²) in [5.74, 6) is -0.560. The van der Waals surface area contributed by atoms with Crippen molar-refractivity contribution in [1.82, 2.24) is 4.90 Å². The van der Waals surface area contributed by atoms with Crippen LogP contribution in [0.4, 0.5) is 4.39 Å². The molecule has 0 N–H and O–H groups in total. The lowest BCUT2D eigenvalue weighted by Crippen LogP contribution is -2.25. The van der Waals surface area contributed by atoms with Crippen molar-refractivity contribution in [3.05, 3.63) is 29.6 Å². The van der Waals surface area contributed by atoms with Crippen LogP contribution in [0.5, 0.6) is 5.75 Å². The number of ketones is 1. The molecule has 0 saturated carbocycles. The van der Waals surface area contributed by atoms with Crippen LogP contribution in [0.25, 0.3) is 0 Å². The summed E-state index contributed by atoms with van der Waals surface area (Å²) >= 11 is 0. The van der Waals surface area contributed by atoms with Gasteiger partial charge in [-0.15, -0.1) is 0 Å². The number of rotatable bonds is 5. The Morgan fingerprint density at radius 2 is 2.12 bits per heavy atom. The maximum atomic E-state index is 13.4. The lowest BCUT2D eigenvalue weighted by atomic mass is 9.99. The normalized spacial score (nSPS) is 12.6. The summed E-state index contributed by atoms with van der Waals surface area (Å²) < 4.78 is 18.3. The van der Waals surface area contributed by atoms with Crippen molar-refractivity contribution in [2.45, 2.75) is 6.92 Å². The highest BCUT2D eigenvalue weighted by atomic mass is 19.1. The van der Waals surface area contributed by atoms with Gasteiger partial charge in [-0.2, -0.15) is 0 Å². The fraction of sp³-hybridized carbons (Fsp3) is 0.462. The third kappa shape index (κ3) is 3.53. The van der Waals surface area contributed by atoms with Crippen LogP contribution in [0, 0.1) is 11.7 Å². The quantitative estimate of drug-likeness (QED) is 0.738. The van der Waals surface area contributed by atoms with Crippen LogP contribution >= 0.6 is 0 Å². The number of carbonyl (C=O) groups excluding carboxylic acids is 1. The largest absolute Gasteiger partial charge is 0.494 e. The molecule has 4 heteroatoms. The summed E-state index contributed by atoms with van der Waals surface area (Å²) in [6.45, 7) is 2.48. The molecule has 0 radical (unpaired) electrons. The second-order valence-electron chi connectivity index (χ2n) is 4.38. The molecule has 0 bridgehead atoms. The molecule has 0 aromatic heterocycles. The maximum Gasteiger partial charge on any atom is 0.167 e. The average Bonchev–Trinajstić information content (AvgIpc) is 2.27. The molecule has 0 aliphatic carbocycles. The highest BCUT2D eigenvalue weighted by molar-refractivity contribution is 5.97. The number of methoxy groups -OCH3 is 1. The first kappa shape index (κ1) is 13.6. The molecule has 1 atom stereocenters. The second-order valence-corrected chi connectivity index (χ2v) is 4.38. The van der Waals surface area contributed by atoms with Gasteiger partial charge in [-0.05, 0) is 32.3 Å². The first-order chi connectivity index (χ1) is 7.95. The first-order valence-electron chi connectivity index (χ1n) is 5.48. The van der Waals surface area contributed by atoms with Crippen LogP contribution in [0.15, 0.2) is 18.2 Å². The number of carbonyl (C=O) groups is 1. The van der Waals surface area contributed by atoms with E-state index in [1.165, 1.54) is 19.2 Å². The summed E-state index contributed by atoms with van der Waals surface area (Å²) in [7, 11) is 5.20. The van der Waals surface area contributed by atoms with Crippen molar-refractivity contribution in [2.24, 2.45) is 5.92 Å². The second kappa shape index (κ2) is 5.77. The maximum absolute atomic E-state index is 13.4. The molecule has 94 valence electrons. The Morgan fingerprint density at radius 3 is 2.59 bits per heavy atom. The van der Waals surface area contributed by atoms with E-state index >= 15 is 0 Å². The molecule has 1 rings (SSSR count). The van der Waals surface area contributed by atoms with Gasteiger partial charge >= 0.3 is 0 Å². The summed E-state index contributed by atoms with van der Waals surface area (Å²) in [4.78, 5) is 13.9. The lowest BCUT2D eigenvalue weighted by Gasteiger charge is -2.16. The molecular formula is C13H18FNO2. The third-order valence-electron chi connectivity index (χ3n) is 2.52. The van der Waals surface area contributed by atoms with Crippen LogP contribution in [0.2, 0.25) is 0 Å². The molecule has 1 unspecified atom stereocenters. The zero-order valence-corrected chi connectivity index (χ0v) is 10.7. The van der Waals surface area contributed by atoms with Crippen molar-refractivity contribution < 1.29 is 13.9 Å². The van der Waals surface area contributed by atoms with Gasteiger partial charge in [-0.1, -0.05) is 6.92 Å². The van der Waals surface area contributed by atoms with Gasteiger partial charge in [0.25, 0.3) is 0 Å². The van der Waals surface area contributed by atoms with E-state index in [1.807, 2.05) is 25.9 Å². The Kier molecular flexibility index (Phi) is 4.63. The molecule has 0 aliphatic rings. The van der Waals surface area contributed by atoms with Gasteiger partial charge in [0.15, 0.2) is 17.3 Å². The van der Waals surface area contributed by atoms with Crippen LogP contribution in [-0.4, -0.2) is 38.4 Å². The van der Waals surface area contributed by atoms with E-state index in [0.29, 0.717) is 12.1 Å². The van der Waals surface area contributed by atoms with Crippen LogP contribution in [-0.2, 0) is 0 Å². The molecule has 1 aromatic rings. The molecular weight excluding hydrogens is 221 g/mol. The highest BCUT2D eigenvalue weighted by Crippen LogP contribution is 2.19. The van der Waals surface area contributed by atoms with E-state index in [9.17, 15) is 9.18 Å². The standard InChI is InChI=1S/C13H18FNO2/c1-9(8-15(2)3)13(16)10-5-6-12(17-4)11(14)7-10/h5-7,9H,8H2,1-4H3. The molecule has 0 saturated heterocycles. The van der Waals surface area contributed by atoms with Crippen LogP contribution in [0.3, 0.4) is 0 Å². The Labute approximate surface area is 101 Å². The molecule has 0 spiro atoms. The van der Waals surface area contributed by atoms with E-state index in [4.69, 9.17) is 4.74 Å². The van der Waals surface area contributed by atoms with Gasteiger partial charge in [-0.3, -0.25) is 4.79 Å². The van der Waals surface area contributed by atoms with Gasteiger partial charge in [-0.25, -0.2) is 4.39 Å². The predicted molar refractivity (Wildman–Crippen MR) is 65.0 cm³/mol. The number of Topliss-reactive ketones (excluding diaryl/α,β-unsaturated/α-hetero) is 1. The number of nitrogens with zero attached hydrogens (tertiary/aromatic N) is 1. The van der Waals surface area contributed by atoms with Crippen molar-refractivity contribution >= 4 is 5.78 Å². The van der Waals surface area contributed by atoms with E-state index in [1.54, 1.807) is 6.07 Å². The van der Waals surface area contributed by atoms with Gasteiger partial charge in [0.05, 0.1) is 7.11 Å². The molecule has 3 nitrogen and oxygen atoms in total. The van der Waals surface area contributed by atoms with Gasteiger partial charge in [0.1, 0.15) is 0 Å². The SMILES string of the molecule is COc1ccc(C(=O)C(C)CN(C)C)cc1F. The molecule has 0 fully saturated rings. The monoisotopic (exact) mass is 239 g/mol. The van der Waals surface area contributed by atoms with E-state index < -0.39 is 5.82 Å². The van der Waals surface area contributed by atoms with Crippen molar-refractivity contribution in [1.29, 1.82) is 0 Å². The summed E-state index contributed by atoms with van der Waals surface area (Å²) in [5, 5.41) is 0. The van der Waals surface area contributed by atoms with Crippen molar-refractivity contribution in [2.75, 3.05) is 27.7 Å². The lowest BCUT2D eigenvalue weighted by molar-refractivity contribution is 0.0909. The number of halogens is 1. The Morgan fingerprint density at radius 1 is 1.47 bits per heavy atom. The molecule has 0 aliphatic heterocycles. The Bertz CT molecular complexity index is 404. The number of hydrogen-bond acceptors (Lipinski definition) is 3. The summed E-state index contributed by atoms with van der Waals surface area (Å²) in [5.41, 5.74) is 0.387. The first-order valence-corrected chi connectivity index (χ1v) is 5.48. The Balaban J connectivity index is 2.86. The smallest absolute Gasteiger partial charge is 0.167 e. The minimum atomic E-state index is -0.504. The predicted octanol–water partition coefficient (Wildman–Crippen LogP) is 2.21. The van der Waals surface area contributed by atoms with Gasteiger partial charge in [0.2, 0.25) is 0 Å². The van der Waals surface area contributed by atoms with Gasteiger partial charge in [0, 0.05) is 18.0 Å². The molecule has 0 heterocycles. The van der Waals surface area contributed by atoms with E-state index in [0.717, 1.165) is 0 Å². The van der Waals surface area contributed by atoms with Crippen LogP contribution in [0.1, 0.15) is 17.3 Å². The molecule has 0 amide bonds. The number of hydrogen-bond donors (Lipinski definition) is 0. The minimum absolute atomic E-state index is 0.0553. The number of benzene rings is 1. The van der Waals surface area contributed by atoms with Crippen molar-refractivity contribution in [3.63, 3.8) is 0 Å². The van der Waals surface area contributed by atoms with Crippen LogP contribution < -0.4 is 4.74 Å². The summed E-state index contributed by atoms with van der Waals surface area (Å²) in [6.07, 6.45) is 0. The van der Waals surface area contributed by atoms with Gasteiger partial charge < -0.3 is 9.64 Å². The fourth-order valence-corrected chi connectivity index (χ4v) is 1.73. The summed E-state index contributed by atoms with van der Waals surface area (Å²) in [6, 6.07) is 4.30. The van der Waals surface area contributed by atoms with E-state index in [2.05, 4.69) is 0 Å². The molecule has 1 aromatic carbocycles. The fourth-order valence-electron chi connectivity index (χ4n) is 1.73.